The average Bonchev–Trinajstić information content (AvgIpc) is 2.59. The largest absolute Gasteiger partial charge is 0.398 e. The molecule has 0 radical (unpaired) electrons. The van der Waals surface area contributed by atoms with Crippen LogP contribution in [0.15, 0.2) is 42.2 Å². The third-order valence-corrected chi connectivity index (χ3v) is 3.69. The molecule has 2 rings (SSSR count). The summed E-state index contributed by atoms with van der Waals surface area (Å²) in [5, 5.41) is 2.70. The summed E-state index contributed by atoms with van der Waals surface area (Å²) in [5.41, 5.74) is 22.0. The quantitative estimate of drug-likeness (QED) is 0.493. The fourth-order valence-corrected chi connectivity index (χ4v) is 2.28. The Bertz CT molecular complexity index is 765. The van der Waals surface area contributed by atoms with E-state index in [1.54, 1.807) is 12.3 Å². The van der Waals surface area contributed by atoms with E-state index in [0.29, 0.717) is 17.8 Å². The first-order chi connectivity index (χ1) is 11.5. The Kier molecular flexibility index (Phi) is 5.42. The highest BCUT2D eigenvalue weighted by Gasteiger charge is 2.15. The molecule has 0 unspecified atom stereocenters. The molecular weight excluding hydrogens is 302 g/mol. The standard InChI is InChI=1S/C18H23N5O/c1-3-9-22-18(24)17(21)16(20)14-6-4-5-13(15(14)19)12-8-7-11(2)23-10-12/h4-8,10H,3,9,19-21H2,1-2H3,(H,22,24)/b17-16+. The molecule has 0 fully saturated rings. The van der Waals surface area contributed by atoms with Crippen molar-refractivity contribution >= 4 is 17.3 Å². The van der Waals surface area contributed by atoms with E-state index in [4.69, 9.17) is 17.2 Å². The summed E-state index contributed by atoms with van der Waals surface area (Å²) < 4.78 is 0. The van der Waals surface area contributed by atoms with Gasteiger partial charge in [0.15, 0.2) is 0 Å². The Labute approximate surface area is 141 Å². The van der Waals surface area contributed by atoms with Gasteiger partial charge in [0.05, 0.1) is 5.70 Å². The molecule has 126 valence electrons. The van der Waals surface area contributed by atoms with Gasteiger partial charge >= 0.3 is 0 Å². The minimum Gasteiger partial charge on any atom is -0.398 e. The van der Waals surface area contributed by atoms with Gasteiger partial charge in [-0.05, 0) is 19.4 Å². The molecule has 0 bridgehead atoms. The van der Waals surface area contributed by atoms with Gasteiger partial charge in [-0.1, -0.05) is 31.2 Å². The first-order valence-electron chi connectivity index (χ1n) is 7.81. The SMILES string of the molecule is CCCNC(=O)/C(N)=C(\N)c1cccc(-c2ccc(C)nc2)c1N. The molecule has 1 amide bonds. The molecule has 1 aromatic carbocycles. The number of benzene rings is 1. The number of amides is 1. The number of rotatable bonds is 5. The fraction of sp³-hybridized carbons (Fsp3) is 0.222. The van der Waals surface area contributed by atoms with Gasteiger partial charge in [0, 0.05) is 40.8 Å². The number of nitrogens with zero attached hydrogens (tertiary/aromatic N) is 1. The van der Waals surface area contributed by atoms with E-state index in [-0.39, 0.29) is 11.4 Å². The van der Waals surface area contributed by atoms with Crippen molar-refractivity contribution < 1.29 is 4.79 Å². The van der Waals surface area contributed by atoms with Crippen LogP contribution in [0.3, 0.4) is 0 Å². The number of carbonyl (C=O) groups excluding carboxylic acids is 1. The van der Waals surface area contributed by atoms with Gasteiger partial charge in [-0.25, -0.2) is 0 Å². The number of nitrogens with two attached hydrogens (primary N) is 3. The van der Waals surface area contributed by atoms with E-state index in [0.717, 1.165) is 23.2 Å². The number of hydrogen-bond acceptors (Lipinski definition) is 5. The zero-order valence-corrected chi connectivity index (χ0v) is 14.0. The maximum Gasteiger partial charge on any atom is 0.269 e. The van der Waals surface area contributed by atoms with Crippen LogP contribution in [0, 0.1) is 6.92 Å². The van der Waals surface area contributed by atoms with Crippen molar-refractivity contribution in [2.24, 2.45) is 11.5 Å². The smallest absolute Gasteiger partial charge is 0.269 e. The van der Waals surface area contributed by atoms with E-state index in [1.807, 2.05) is 38.1 Å². The van der Waals surface area contributed by atoms with Crippen LogP contribution in [0.25, 0.3) is 16.8 Å². The van der Waals surface area contributed by atoms with Crippen LogP contribution >= 0.6 is 0 Å². The molecular formula is C18H23N5O. The van der Waals surface area contributed by atoms with E-state index >= 15 is 0 Å². The van der Waals surface area contributed by atoms with Crippen LogP contribution in [-0.2, 0) is 4.79 Å². The molecule has 7 N–H and O–H groups in total. The number of aryl methyl sites for hydroxylation is 1. The molecule has 2 aromatic rings. The van der Waals surface area contributed by atoms with Crippen molar-refractivity contribution in [3.63, 3.8) is 0 Å². The van der Waals surface area contributed by atoms with Gasteiger partial charge in [-0.15, -0.1) is 0 Å². The molecule has 1 aromatic heterocycles. The zero-order valence-electron chi connectivity index (χ0n) is 14.0. The molecule has 0 aliphatic heterocycles. The second-order valence-electron chi connectivity index (χ2n) is 5.54. The van der Waals surface area contributed by atoms with Gasteiger partial charge in [0.2, 0.25) is 0 Å². The first kappa shape index (κ1) is 17.3. The molecule has 1 heterocycles. The van der Waals surface area contributed by atoms with Crippen molar-refractivity contribution in [1.82, 2.24) is 10.3 Å². The topological polar surface area (TPSA) is 120 Å². The van der Waals surface area contributed by atoms with E-state index in [2.05, 4.69) is 10.3 Å². The number of nitrogen functional groups attached to an aromatic ring is 1. The Morgan fingerprint density at radius 1 is 1.21 bits per heavy atom. The monoisotopic (exact) mass is 325 g/mol. The number of carbonyl (C=O) groups is 1. The van der Waals surface area contributed by atoms with Gasteiger partial charge in [0.1, 0.15) is 5.70 Å². The predicted molar refractivity (Wildman–Crippen MR) is 97.4 cm³/mol. The van der Waals surface area contributed by atoms with Crippen LogP contribution in [-0.4, -0.2) is 17.4 Å². The van der Waals surface area contributed by atoms with Crippen LogP contribution in [0.5, 0.6) is 0 Å². The van der Waals surface area contributed by atoms with Crippen molar-refractivity contribution in [1.29, 1.82) is 0 Å². The third-order valence-electron chi connectivity index (χ3n) is 3.69. The number of aromatic nitrogens is 1. The highest BCUT2D eigenvalue weighted by atomic mass is 16.2. The maximum absolute atomic E-state index is 12.0. The lowest BCUT2D eigenvalue weighted by atomic mass is 9.99. The molecule has 0 atom stereocenters. The molecule has 6 heteroatoms. The number of pyridine rings is 1. The first-order valence-corrected chi connectivity index (χ1v) is 7.81. The number of para-hydroxylation sites is 1. The summed E-state index contributed by atoms with van der Waals surface area (Å²) in [6, 6.07) is 9.30. The Morgan fingerprint density at radius 2 is 1.96 bits per heavy atom. The van der Waals surface area contributed by atoms with Crippen LogP contribution in [0.4, 0.5) is 5.69 Å². The normalized spacial score (nSPS) is 11.8. The highest BCUT2D eigenvalue weighted by Crippen LogP contribution is 2.31. The molecule has 0 saturated heterocycles. The van der Waals surface area contributed by atoms with Gasteiger partial charge in [-0.3, -0.25) is 9.78 Å². The van der Waals surface area contributed by atoms with E-state index in [9.17, 15) is 4.79 Å². The lowest BCUT2D eigenvalue weighted by Gasteiger charge is -2.13. The molecule has 0 saturated carbocycles. The number of hydrogen-bond donors (Lipinski definition) is 4. The van der Waals surface area contributed by atoms with Crippen LogP contribution in [0.1, 0.15) is 24.6 Å². The Balaban J connectivity index is 2.43. The summed E-state index contributed by atoms with van der Waals surface area (Å²) in [6.07, 6.45) is 2.57. The second kappa shape index (κ2) is 7.50. The summed E-state index contributed by atoms with van der Waals surface area (Å²) in [4.78, 5) is 16.3. The zero-order chi connectivity index (χ0) is 17.7. The van der Waals surface area contributed by atoms with Crippen LogP contribution < -0.4 is 22.5 Å². The summed E-state index contributed by atoms with van der Waals surface area (Å²) in [5.74, 6) is -0.392. The van der Waals surface area contributed by atoms with Crippen molar-refractivity contribution in [3.05, 3.63) is 53.5 Å². The Hall–Kier alpha value is -3.02. The molecule has 6 nitrogen and oxygen atoms in total. The van der Waals surface area contributed by atoms with E-state index in [1.165, 1.54) is 0 Å². The number of nitrogens with one attached hydrogen (secondary N) is 1. The van der Waals surface area contributed by atoms with Gasteiger partial charge < -0.3 is 22.5 Å². The summed E-state index contributed by atoms with van der Waals surface area (Å²) in [7, 11) is 0. The predicted octanol–water partition coefficient (Wildman–Crippen LogP) is 1.75. The summed E-state index contributed by atoms with van der Waals surface area (Å²) >= 11 is 0. The molecule has 0 spiro atoms. The molecule has 0 aliphatic carbocycles. The van der Waals surface area contributed by atoms with Crippen molar-refractivity contribution in [2.45, 2.75) is 20.3 Å². The van der Waals surface area contributed by atoms with Crippen LogP contribution in [0.2, 0.25) is 0 Å². The van der Waals surface area contributed by atoms with Gasteiger partial charge in [-0.2, -0.15) is 0 Å². The lowest BCUT2D eigenvalue weighted by Crippen LogP contribution is -2.31. The van der Waals surface area contributed by atoms with Crippen molar-refractivity contribution in [2.75, 3.05) is 12.3 Å². The second-order valence-corrected chi connectivity index (χ2v) is 5.54. The fourth-order valence-electron chi connectivity index (χ4n) is 2.28. The highest BCUT2D eigenvalue weighted by molar-refractivity contribution is 6.01. The third kappa shape index (κ3) is 3.65. The minimum absolute atomic E-state index is 0.0330. The van der Waals surface area contributed by atoms with Crippen molar-refractivity contribution in [3.8, 4) is 11.1 Å². The maximum atomic E-state index is 12.0. The molecule has 0 aliphatic rings. The molecule has 24 heavy (non-hydrogen) atoms. The van der Waals surface area contributed by atoms with E-state index < -0.39 is 5.91 Å². The number of anilines is 1. The minimum atomic E-state index is -0.392. The average molecular weight is 325 g/mol. The summed E-state index contributed by atoms with van der Waals surface area (Å²) in [6.45, 7) is 4.41. The lowest BCUT2D eigenvalue weighted by molar-refractivity contribution is -0.117. The van der Waals surface area contributed by atoms with Gasteiger partial charge in [0.25, 0.3) is 5.91 Å². The Morgan fingerprint density at radius 3 is 2.58 bits per heavy atom.